The Morgan fingerprint density at radius 3 is 2.79 bits per heavy atom. The number of nitrogens with one attached hydrogen (secondary N) is 2. The van der Waals surface area contributed by atoms with Crippen molar-refractivity contribution >= 4 is 5.69 Å². The summed E-state index contributed by atoms with van der Waals surface area (Å²) >= 11 is 0. The van der Waals surface area contributed by atoms with E-state index in [4.69, 9.17) is 0 Å². The van der Waals surface area contributed by atoms with E-state index in [-0.39, 0.29) is 0 Å². The molecule has 0 aliphatic carbocycles. The minimum Gasteiger partial charge on any atom is -0.379 e. The van der Waals surface area contributed by atoms with E-state index in [0.717, 1.165) is 13.1 Å². The molecule has 2 atom stereocenters. The van der Waals surface area contributed by atoms with Crippen LogP contribution in [0, 0.1) is 6.92 Å². The van der Waals surface area contributed by atoms with E-state index in [2.05, 4.69) is 46.7 Å². The van der Waals surface area contributed by atoms with Crippen LogP contribution in [0.5, 0.6) is 0 Å². The molecule has 2 saturated heterocycles. The largest absolute Gasteiger partial charge is 0.379 e. The SMILES string of the molecule is Cc1cccc(N[C@H]2CNC[C@@H]2N2CCCCC2)c1. The highest BCUT2D eigenvalue weighted by Crippen LogP contribution is 2.20. The Morgan fingerprint density at radius 2 is 2.00 bits per heavy atom. The molecule has 104 valence electrons. The highest BCUT2D eigenvalue weighted by atomic mass is 15.2. The molecule has 2 aliphatic rings. The number of hydrogen-bond donors (Lipinski definition) is 2. The second kappa shape index (κ2) is 5.93. The molecule has 2 aliphatic heterocycles. The molecule has 2 heterocycles. The van der Waals surface area contributed by atoms with Crippen molar-refractivity contribution in [2.75, 3.05) is 31.5 Å². The van der Waals surface area contributed by atoms with Gasteiger partial charge in [-0.05, 0) is 50.6 Å². The topological polar surface area (TPSA) is 27.3 Å². The summed E-state index contributed by atoms with van der Waals surface area (Å²) < 4.78 is 0. The van der Waals surface area contributed by atoms with Crippen LogP contribution in [-0.2, 0) is 0 Å². The number of nitrogens with zero attached hydrogens (tertiary/aromatic N) is 1. The van der Waals surface area contributed by atoms with E-state index in [1.165, 1.54) is 43.6 Å². The molecule has 0 spiro atoms. The molecule has 0 amide bonds. The third kappa shape index (κ3) is 3.10. The molecule has 3 nitrogen and oxygen atoms in total. The molecule has 1 aromatic carbocycles. The Hall–Kier alpha value is -1.06. The maximum Gasteiger partial charge on any atom is 0.0553 e. The zero-order chi connectivity index (χ0) is 13.1. The van der Waals surface area contributed by atoms with Crippen molar-refractivity contribution in [2.45, 2.75) is 38.3 Å². The fraction of sp³-hybridized carbons (Fsp3) is 0.625. The van der Waals surface area contributed by atoms with Crippen molar-refractivity contribution in [3.8, 4) is 0 Å². The summed E-state index contributed by atoms with van der Waals surface area (Å²) in [5.74, 6) is 0. The van der Waals surface area contributed by atoms with Gasteiger partial charge in [0.15, 0.2) is 0 Å². The Bertz CT molecular complexity index is 412. The van der Waals surface area contributed by atoms with Gasteiger partial charge in [-0.2, -0.15) is 0 Å². The fourth-order valence-corrected chi connectivity index (χ4v) is 3.39. The van der Waals surface area contributed by atoms with Gasteiger partial charge in [-0.25, -0.2) is 0 Å². The lowest BCUT2D eigenvalue weighted by molar-refractivity contribution is 0.167. The van der Waals surface area contributed by atoms with E-state index in [9.17, 15) is 0 Å². The molecule has 3 rings (SSSR count). The van der Waals surface area contributed by atoms with Crippen molar-refractivity contribution in [1.29, 1.82) is 0 Å². The van der Waals surface area contributed by atoms with Gasteiger partial charge in [0, 0.05) is 24.8 Å². The first-order valence-corrected chi connectivity index (χ1v) is 7.61. The monoisotopic (exact) mass is 259 g/mol. The van der Waals surface area contributed by atoms with Gasteiger partial charge >= 0.3 is 0 Å². The number of aryl methyl sites for hydroxylation is 1. The van der Waals surface area contributed by atoms with Crippen molar-refractivity contribution in [1.82, 2.24) is 10.2 Å². The van der Waals surface area contributed by atoms with Gasteiger partial charge in [0.2, 0.25) is 0 Å². The zero-order valence-corrected chi connectivity index (χ0v) is 11.9. The van der Waals surface area contributed by atoms with Crippen molar-refractivity contribution < 1.29 is 0 Å². The lowest BCUT2D eigenvalue weighted by Gasteiger charge is -2.35. The second-order valence-electron chi connectivity index (χ2n) is 5.94. The number of benzene rings is 1. The lowest BCUT2D eigenvalue weighted by atomic mass is 10.0. The predicted molar refractivity (Wildman–Crippen MR) is 80.7 cm³/mol. The molecule has 0 saturated carbocycles. The number of hydrogen-bond acceptors (Lipinski definition) is 3. The molecule has 2 N–H and O–H groups in total. The average Bonchev–Trinajstić information content (AvgIpc) is 2.88. The van der Waals surface area contributed by atoms with Crippen LogP contribution in [0.1, 0.15) is 24.8 Å². The van der Waals surface area contributed by atoms with Crippen LogP contribution in [0.3, 0.4) is 0 Å². The number of likely N-dealkylation sites (tertiary alicyclic amines) is 1. The highest BCUT2D eigenvalue weighted by molar-refractivity contribution is 5.47. The predicted octanol–water partition coefficient (Wildman–Crippen LogP) is 2.23. The molecular formula is C16H25N3. The quantitative estimate of drug-likeness (QED) is 0.871. The maximum absolute atomic E-state index is 3.72. The summed E-state index contributed by atoms with van der Waals surface area (Å²) in [5.41, 5.74) is 2.58. The lowest BCUT2D eigenvalue weighted by Crippen LogP contribution is -2.48. The average molecular weight is 259 g/mol. The molecule has 3 heteroatoms. The first-order chi connectivity index (χ1) is 9.33. The third-order valence-corrected chi connectivity index (χ3v) is 4.41. The molecule has 19 heavy (non-hydrogen) atoms. The van der Waals surface area contributed by atoms with Gasteiger partial charge in [-0.3, -0.25) is 4.90 Å². The van der Waals surface area contributed by atoms with Crippen LogP contribution in [0.2, 0.25) is 0 Å². The van der Waals surface area contributed by atoms with Gasteiger partial charge in [0.25, 0.3) is 0 Å². The van der Waals surface area contributed by atoms with Crippen molar-refractivity contribution in [3.05, 3.63) is 29.8 Å². The first-order valence-electron chi connectivity index (χ1n) is 7.61. The van der Waals surface area contributed by atoms with E-state index in [0.29, 0.717) is 12.1 Å². The summed E-state index contributed by atoms with van der Waals surface area (Å²) in [6.45, 7) is 6.91. The van der Waals surface area contributed by atoms with Crippen molar-refractivity contribution in [2.24, 2.45) is 0 Å². The van der Waals surface area contributed by atoms with Crippen LogP contribution in [0.25, 0.3) is 0 Å². The van der Waals surface area contributed by atoms with Gasteiger partial charge in [0.1, 0.15) is 0 Å². The fourth-order valence-electron chi connectivity index (χ4n) is 3.39. The van der Waals surface area contributed by atoms with E-state index >= 15 is 0 Å². The summed E-state index contributed by atoms with van der Waals surface area (Å²) in [5, 5.41) is 7.28. The smallest absolute Gasteiger partial charge is 0.0553 e. The number of piperidine rings is 1. The molecule has 0 radical (unpaired) electrons. The first kappa shape index (κ1) is 12.9. The second-order valence-corrected chi connectivity index (χ2v) is 5.94. The molecule has 1 aromatic rings. The summed E-state index contributed by atoms with van der Waals surface area (Å²) in [6.07, 6.45) is 4.15. The molecule has 0 bridgehead atoms. The Labute approximate surface area is 116 Å². The third-order valence-electron chi connectivity index (χ3n) is 4.41. The molecular weight excluding hydrogens is 234 g/mol. The Kier molecular flexibility index (Phi) is 4.04. The highest BCUT2D eigenvalue weighted by Gasteiger charge is 2.32. The van der Waals surface area contributed by atoms with Crippen LogP contribution >= 0.6 is 0 Å². The summed E-state index contributed by atoms with van der Waals surface area (Å²) in [6, 6.07) is 9.90. The van der Waals surface area contributed by atoms with Gasteiger partial charge in [-0.15, -0.1) is 0 Å². The minimum atomic E-state index is 0.542. The normalized spacial score (nSPS) is 28.5. The zero-order valence-electron chi connectivity index (χ0n) is 11.9. The standard InChI is InChI=1S/C16H25N3/c1-13-6-5-7-14(10-13)18-15-11-17-12-16(15)19-8-3-2-4-9-19/h5-7,10,15-18H,2-4,8-9,11-12H2,1H3/t15-,16-/m0/s1. The van der Waals surface area contributed by atoms with Gasteiger partial charge in [-0.1, -0.05) is 18.6 Å². The Balaban J connectivity index is 1.65. The van der Waals surface area contributed by atoms with E-state index < -0.39 is 0 Å². The van der Waals surface area contributed by atoms with Crippen molar-refractivity contribution in [3.63, 3.8) is 0 Å². The number of anilines is 1. The van der Waals surface area contributed by atoms with Gasteiger partial charge < -0.3 is 10.6 Å². The summed E-state index contributed by atoms with van der Waals surface area (Å²) in [7, 11) is 0. The molecule has 0 aromatic heterocycles. The molecule has 2 fully saturated rings. The summed E-state index contributed by atoms with van der Waals surface area (Å²) in [4.78, 5) is 2.68. The number of rotatable bonds is 3. The van der Waals surface area contributed by atoms with E-state index in [1.54, 1.807) is 0 Å². The van der Waals surface area contributed by atoms with Crippen LogP contribution < -0.4 is 10.6 Å². The van der Waals surface area contributed by atoms with Crippen LogP contribution in [0.15, 0.2) is 24.3 Å². The molecule has 0 unspecified atom stereocenters. The maximum atomic E-state index is 3.72. The minimum absolute atomic E-state index is 0.542. The van der Waals surface area contributed by atoms with Crippen LogP contribution in [-0.4, -0.2) is 43.2 Å². The van der Waals surface area contributed by atoms with Gasteiger partial charge in [0.05, 0.1) is 6.04 Å². The Morgan fingerprint density at radius 1 is 1.16 bits per heavy atom. The van der Waals surface area contributed by atoms with E-state index in [1.807, 2.05) is 0 Å². The van der Waals surface area contributed by atoms with Crippen LogP contribution in [0.4, 0.5) is 5.69 Å².